The second-order valence-electron chi connectivity index (χ2n) is 3.76. The Labute approximate surface area is 99.4 Å². The van der Waals surface area contributed by atoms with E-state index in [1.807, 2.05) is 6.92 Å². The van der Waals surface area contributed by atoms with Gasteiger partial charge in [-0.25, -0.2) is 4.98 Å². The normalized spacial score (nSPS) is 12.5. The molecule has 3 nitrogen and oxygen atoms in total. The molecular weight excluding hydrogens is 256 g/mol. The summed E-state index contributed by atoms with van der Waals surface area (Å²) >= 11 is 3.39. The van der Waals surface area contributed by atoms with Crippen molar-refractivity contribution in [2.75, 3.05) is 25.6 Å². The number of aryl methyl sites for hydroxylation is 1. The molecule has 1 rings (SSSR count). The molecule has 0 radical (unpaired) electrons. The summed E-state index contributed by atoms with van der Waals surface area (Å²) < 4.78 is 6.08. The highest BCUT2D eigenvalue weighted by molar-refractivity contribution is 9.10. The summed E-state index contributed by atoms with van der Waals surface area (Å²) in [5, 5.41) is 3.31. The van der Waals surface area contributed by atoms with Crippen LogP contribution in [0.2, 0.25) is 0 Å². The van der Waals surface area contributed by atoms with E-state index < -0.39 is 0 Å². The van der Waals surface area contributed by atoms with Gasteiger partial charge in [0.1, 0.15) is 5.82 Å². The number of ether oxygens (including phenoxy) is 1. The number of hydrogen-bond acceptors (Lipinski definition) is 3. The minimum atomic E-state index is 0.486. The maximum atomic E-state index is 5.07. The zero-order valence-electron chi connectivity index (χ0n) is 9.38. The van der Waals surface area contributed by atoms with Crippen LogP contribution >= 0.6 is 15.9 Å². The van der Waals surface area contributed by atoms with E-state index in [1.165, 1.54) is 0 Å². The van der Waals surface area contributed by atoms with Crippen molar-refractivity contribution < 1.29 is 4.74 Å². The van der Waals surface area contributed by atoms with Gasteiger partial charge in [-0.3, -0.25) is 0 Å². The Morgan fingerprint density at radius 3 is 2.93 bits per heavy atom. The van der Waals surface area contributed by atoms with Gasteiger partial charge >= 0.3 is 0 Å². The Morgan fingerprint density at radius 1 is 1.60 bits per heavy atom. The van der Waals surface area contributed by atoms with Gasteiger partial charge in [-0.2, -0.15) is 0 Å². The lowest BCUT2D eigenvalue weighted by Gasteiger charge is -2.13. The molecule has 4 heteroatoms. The van der Waals surface area contributed by atoms with Crippen molar-refractivity contribution in [2.24, 2.45) is 5.92 Å². The number of rotatable bonds is 5. The van der Waals surface area contributed by atoms with Crippen LogP contribution in [0.5, 0.6) is 0 Å². The van der Waals surface area contributed by atoms with Crippen molar-refractivity contribution in [3.63, 3.8) is 0 Å². The maximum absolute atomic E-state index is 5.07. The zero-order valence-corrected chi connectivity index (χ0v) is 11.0. The lowest BCUT2D eigenvalue weighted by Crippen LogP contribution is -2.16. The Kier molecular flexibility index (Phi) is 5.05. The van der Waals surface area contributed by atoms with Gasteiger partial charge in [0.25, 0.3) is 0 Å². The van der Waals surface area contributed by atoms with Crippen molar-refractivity contribution in [2.45, 2.75) is 13.8 Å². The number of nitrogens with zero attached hydrogens (tertiary/aromatic N) is 1. The van der Waals surface area contributed by atoms with Gasteiger partial charge in [0.2, 0.25) is 0 Å². The van der Waals surface area contributed by atoms with Crippen LogP contribution in [0.4, 0.5) is 5.82 Å². The van der Waals surface area contributed by atoms with E-state index in [4.69, 9.17) is 4.74 Å². The molecule has 0 aromatic carbocycles. The Bertz CT molecular complexity index is 317. The third kappa shape index (κ3) is 4.18. The summed E-state index contributed by atoms with van der Waals surface area (Å²) in [6, 6.07) is 2.05. The average molecular weight is 273 g/mol. The van der Waals surface area contributed by atoms with Crippen molar-refractivity contribution in [1.82, 2.24) is 4.98 Å². The van der Waals surface area contributed by atoms with E-state index in [0.717, 1.165) is 29.0 Å². The van der Waals surface area contributed by atoms with Crippen LogP contribution in [0.1, 0.15) is 12.5 Å². The number of pyridine rings is 1. The first kappa shape index (κ1) is 12.5. The van der Waals surface area contributed by atoms with Crippen molar-refractivity contribution in [1.29, 1.82) is 0 Å². The van der Waals surface area contributed by atoms with Crippen molar-refractivity contribution >= 4 is 21.7 Å². The topological polar surface area (TPSA) is 34.1 Å². The van der Waals surface area contributed by atoms with Crippen LogP contribution < -0.4 is 5.32 Å². The van der Waals surface area contributed by atoms with E-state index >= 15 is 0 Å². The highest BCUT2D eigenvalue weighted by Gasteiger charge is 2.04. The first-order valence-electron chi connectivity index (χ1n) is 4.98. The lowest BCUT2D eigenvalue weighted by atomic mass is 10.2. The third-order valence-corrected chi connectivity index (χ3v) is 2.55. The van der Waals surface area contributed by atoms with Crippen LogP contribution in [0.3, 0.4) is 0 Å². The highest BCUT2D eigenvalue weighted by atomic mass is 79.9. The smallest absolute Gasteiger partial charge is 0.128 e. The molecule has 0 spiro atoms. The fourth-order valence-corrected chi connectivity index (χ4v) is 1.79. The number of anilines is 1. The molecule has 1 N–H and O–H groups in total. The second-order valence-corrected chi connectivity index (χ2v) is 4.68. The molecule has 1 heterocycles. The summed E-state index contributed by atoms with van der Waals surface area (Å²) in [6.45, 7) is 5.83. The average Bonchev–Trinajstić information content (AvgIpc) is 2.17. The van der Waals surface area contributed by atoms with E-state index in [-0.39, 0.29) is 0 Å². The summed E-state index contributed by atoms with van der Waals surface area (Å²) in [5.41, 5.74) is 1.15. The molecule has 15 heavy (non-hydrogen) atoms. The molecule has 1 aromatic rings. The molecule has 0 aliphatic rings. The van der Waals surface area contributed by atoms with Crippen molar-refractivity contribution in [3.8, 4) is 0 Å². The van der Waals surface area contributed by atoms with Gasteiger partial charge in [-0.05, 0) is 40.4 Å². The van der Waals surface area contributed by atoms with E-state index in [0.29, 0.717) is 5.92 Å². The lowest BCUT2D eigenvalue weighted by molar-refractivity contribution is 0.164. The van der Waals surface area contributed by atoms with Crippen molar-refractivity contribution in [3.05, 3.63) is 22.3 Å². The molecule has 0 amide bonds. The van der Waals surface area contributed by atoms with Crippen LogP contribution in [-0.4, -0.2) is 25.2 Å². The quantitative estimate of drug-likeness (QED) is 0.895. The number of halogens is 1. The largest absolute Gasteiger partial charge is 0.384 e. The minimum absolute atomic E-state index is 0.486. The first-order chi connectivity index (χ1) is 7.13. The van der Waals surface area contributed by atoms with Gasteiger partial charge in [-0.1, -0.05) is 6.92 Å². The Hall–Kier alpha value is -0.610. The molecule has 0 aliphatic carbocycles. The van der Waals surface area contributed by atoms with Crippen LogP contribution in [0.15, 0.2) is 16.7 Å². The van der Waals surface area contributed by atoms with E-state index in [9.17, 15) is 0 Å². The number of hydrogen-bond donors (Lipinski definition) is 1. The third-order valence-electron chi connectivity index (χ3n) is 2.11. The standard InChI is InChI=1S/C11H17BrN2O/c1-8(7-15-3)5-13-11-9(2)4-10(12)6-14-11/h4,6,8H,5,7H2,1-3H3,(H,13,14). The maximum Gasteiger partial charge on any atom is 0.128 e. The second kappa shape index (κ2) is 6.08. The molecule has 1 atom stereocenters. The SMILES string of the molecule is COCC(C)CNc1ncc(Br)cc1C. The molecule has 0 bridgehead atoms. The zero-order chi connectivity index (χ0) is 11.3. The molecule has 0 saturated carbocycles. The van der Waals surface area contributed by atoms with Gasteiger partial charge < -0.3 is 10.1 Å². The molecule has 0 fully saturated rings. The molecular formula is C11H17BrN2O. The minimum Gasteiger partial charge on any atom is -0.384 e. The predicted octanol–water partition coefficient (Wildman–Crippen LogP) is 2.85. The number of nitrogens with one attached hydrogen (secondary N) is 1. The van der Waals surface area contributed by atoms with Gasteiger partial charge in [0.05, 0.1) is 6.61 Å². The first-order valence-corrected chi connectivity index (χ1v) is 5.77. The molecule has 0 saturated heterocycles. The van der Waals surface area contributed by atoms with Crippen LogP contribution in [0, 0.1) is 12.8 Å². The monoisotopic (exact) mass is 272 g/mol. The summed E-state index contributed by atoms with van der Waals surface area (Å²) in [7, 11) is 1.72. The molecule has 84 valence electrons. The molecule has 1 unspecified atom stereocenters. The fraction of sp³-hybridized carbons (Fsp3) is 0.545. The predicted molar refractivity (Wildman–Crippen MR) is 66.2 cm³/mol. The van der Waals surface area contributed by atoms with Crippen LogP contribution in [-0.2, 0) is 4.74 Å². The molecule has 0 aliphatic heterocycles. The summed E-state index contributed by atoms with van der Waals surface area (Å²) in [5.74, 6) is 1.43. The molecule has 1 aromatic heterocycles. The van der Waals surface area contributed by atoms with Crippen LogP contribution in [0.25, 0.3) is 0 Å². The van der Waals surface area contributed by atoms with E-state index in [1.54, 1.807) is 13.3 Å². The highest BCUT2D eigenvalue weighted by Crippen LogP contribution is 2.16. The Morgan fingerprint density at radius 2 is 2.33 bits per heavy atom. The van der Waals surface area contributed by atoms with Gasteiger partial charge in [0.15, 0.2) is 0 Å². The van der Waals surface area contributed by atoms with Gasteiger partial charge in [0, 0.05) is 24.3 Å². The fourth-order valence-electron chi connectivity index (χ4n) is 1.34. The van der Waals surface area contributed by atoms with E-state index in [2.05, 4.69) is 39.2 Å². The Balaban J connectivity index is 2.50. The number of aromatic nitrogens is 1. The number of methoxy groups -OCH3 is 1. The van der Waals surface area contributed by atoms with Gasteiger partial charge in [-0.15, -0.1) is 0 Å². The summed E-state index contributed by atoms with van der Waals surface area (Å²) in [6.07, 6.45) is 1.80. The summed E-state index contributed by atoms with van der Waals surface area (Å²) in [4.78, 5) is 4.31.